The highest BCUT2D eigenvalue weighted by Gasteiger charge is 2.14. The Kier molecular flexibility index (Phi) is 5.55. The first-order chi connectivity index (χ1) is 10.5. The minimum Gasteiger partial charge on any atom is -0.494 e. The SMILES string of the molecule is CCOc1ccc(C(C)NC(=O)c2ccc(F)cc2Br)cc1. The number of hydrogen-bond donors (Lipinski definition) is 1. The van der Waals surface area contributed by atoms with Gasteiger partial charge in [0.05, 0.1) is 18.2 Å². The molecule has 1 N–H and O–H groups in total. The molecule has 2 aromatic carbocycles. The van der Waals surface area contributed by atoms with Crippen molar-refractivity contribution in [2.24, 2.45) is 0 Å². The van der Waals surface area contributed by atoms with Crippen LogP contribution in [0.4, 0.5) is 4.39 Å². The number of amides is 1. The summed E-state index contributed by atoms with van der Waals surface area (Å²) in [6.45, 7) is 4.44. The molecule has 0 heterocycles. The standard InChI is InChI=1S/C17H17BrFNO2/c1-3-22-14-7-4-12(5-8-14)11(2)20-17(21)15-9-6-13(19)10-16(15)18/h4-11H,3H2,1-2H3,(H,20,21). The molecular weight excluding hydrogens is 349 g/mol. The smallest absolute Gasteiger partial charge is 0.252 e. The van der Waals surface area contributed by atoms with Crippen LogP contribution in [0.25, 0.3) is 0 Å². The molecule has 0 fully saturated rings. The second-order valence-electron chi connectivity index (χ2n) is 4.82. The van der Waals surface area contributed by atoms with Crippen LogP contribution in [0.3, 0.4) is 0 Å². The molecule has 0 saturated carbocycles. The topological polar surface area (TPSA) is 38.3 Å². The largest absolute Gasteiger partial charge is 0.494 e. The molecule has 5 heteroatoms. The van der Waals surface area contributed by atoms with Gasteiger partial charge < -0.3 is 10.1 Å². The van der Waals surface area contributed by atoms with Gasteiger partial charge in [-0.25, -0.2) is 4.39 Å². The lowest BCUT2D eigenvalue weighted by molar-refractivity contribution is 0.0939. The first-order valence-corrected chi connectivity index (χ1v) is 7.79. The Bertz CT molecular complexity index is 658. The van der Waals surface area contributed by atoms with E-state index in [1.165, 1.54) is 18.2 Å². The molecule has 1 amide bonds. The summed E-state index contributed by atoms with van der Waals surface area (Å²) in [5.41, 5.74) is 1.37. The third kappa shape index (κ3) is 4.07. The Morgan fingerprint density at radius 2 is 1.95 bits per heavy atom. The summed E-state index contributed by atoms with van der Waals surface area (Å²) >= 11 is 3.20. The third-order valence-electron chi connectivity index (χ3n) is 3.21. The summed E-state index contributed by atoms with van der Waals surface area (Å²) in [7, 11) is 0. The fraction of sp³-hybridized carbons (Fsp3) is 0.235. The quantitative estimate of drug-likeness (QED) is 0.848. The Labute approximate surface area is 137 Å². The zero-order chi connectivity index (χ0) is 16.1. The van der Waals surface area contributed by atoms with Gasteiger partial charge in [-0.1, -0.05) is 12.1 Å². The summed E-state index contributed by atoms with van der Waals surface area (Å²) in [5, 5.41) is 2.89. The second-order valence-corrected chi connectivity index (χ2v) is 5.68. The van der Waals surface area contributed by atoms with Crippen LogP contribution in [0.5, 0.6) is 5.75 Å². The maximum atomic E-state index is 13.1. The summed E-state index contributed by atoms with van der Waals surface area (Å²) in [5.74, 6) is 0.155. The van der Waals surface area contributed by atoms with Crippen molar-refractivity contribution in [1.82, 2.24) is 5.32 Å². The predicted molar refractivity (Wildman–Crippen MR) is 87.6 cm³/mol. The van der Waals surface area contributed by atoms with Crippen molar-refractivity contribution in [1.29, 1.82) is 0 Å². The minimum absolute atomic E-state index is 0.167. The van der Waals surface area contributed by atoms with Gasteiger partial charge in [0.1, 0.15) is 11.6 Å². The van der Waals surface area contributed by atoms with E-state index in [1.54, 1.807) is 0 Å². The molecule has 2 aromatic rings. The van der Waals surface area contributed by atoms with E-state index in [9.17, 15) is 9.18 Å². The van der Waals surface area contributed by atoms with Crippen LogP contribution in [0.15, 0.2) is 46.9 Å². The molecule has 2 rings (SSSR count). The highest BCUT2D eigenvalue weighted by Crippen LogP contribution is 2.21. The van der Waals surface area contributed by atoms with Gasteiger partial charge in [0, 0.05) is 4.47 Å². The summed E-state index contributed by atoms with van der Waals surface area (Å²) < 4.78 is 18.9. The Hall–Kier alpha value is -1.88. The van der Waals surface area contributed by atoms with E-state index >= 15 is 0 Å². The molecule has 116 valence electrons. The van der Waals surface area contributed by atoms with Crippen LogP contribution in [0, 0.1) is 5.82 Å². The van der Waals surface area contributed by atoms with Gasteiger partial charge in [0.15, 0.2) is 0 Å². The van der Waals surface area contributed by atoms with E-state index in [0.29, 0.717) is 16.6 Å². The lowest BCUT2D eigenvalue weighted by Gasteiger charge is -2.15. The van der Waals surface area contributed by atoms with E-state index in [0.717, 1.165) is 11.3 Å². The molecule has 0 bridgehead atoms. The second kappa shape index (κ2) is 7.40. The lowest BCUT2D eigenvalue weighted by atomic mass is 10.1. The van der Waals surface area contributed by atoms with Gasteiger partial charge in [-0.15, -0.1) is 0 Å². The number of ether oxygens (including phenoxy) is 1. The molecule has 0 aromatic heterocycles. The summed E-state index contributed by atoms with van der Waals surface area (Å²) in [6.07, 6.45) is 0. The maximum Gasteiger partial charge on any atom is 0.252 e. The first-order valence-electron chi connectivity index (χ1n) is 7.00. The van der Waals surface area contributed by atoms with Crippen LogP contribution < -0.4 is 10.1 Å². The number of carbonyl (C=O) groups excluding carboxylic acids is 1. The van der Waals surface area contributed by atoms with E-state index < -0.39 is 0 Å². The number of carbonyl (C=O) groups is 1. The van der Waals surface area contributed by atoms with Crippen molar-refractivity contribution in [2.75, 3.05) is 6.61 Å². The van der Waals surface area contributed by atoms with E-state index in [4.69, 9.17) is 4.74 Å². The van der Waals surface area contributed by atoms with Crippen molar-refractivity contribution in [3.8, 4) is 5.75 Å². The lowest BCUT2D eigenvalue weighted by Crippen LogP contribution is -2.26. The van der Waals surface area contributed by atoms with Gasteiger partial charge in [-0.05, 0) is 65.7 Å². The number of benzene rings is 2. The highest BCUT2D eigenvalue weighted by atomic mass is 79.9. The van der Waals surface area contributed by atoms with Crippen LogP contribution >= 0.6 is 15.9 Å². The zero-order valence-corrected chi connectivity index (χ0v) is 14.0. The van der Waals surface area contributed by atoms with Crippen molar-refractivity contribution in [3.05, 3.63) is 63.9 Å². The fourth-order valence-electron chi connectivity index (χ4n) is 2.05. The molecule has 22 heavy (non-hydrogen) atoms. The molecule has 0 aliphatic carbocycles. The Morgan fingerprint density at radius 1 is 1.27 bits per heavy atom. The molecule has 0 saturated heterocycles. The number of hydrogen-bond acceptors (Lipinski definition) is 2. The van der Waals surface area contributed by atoms with Crippen molar-refractivity contribution < 1.29 is 13.9 Å². The average molecular weight is 366 g/mol. The molecule has 0 aliphatic rings. The van der Waals surface area contributed by atoms with Crippen LogP contribution in [0.1, 0.15) is 35.8 Å². The van der Waals surface area contributed by atoms with Gasteiger partial charge in [0.2, 0.25) is 0 Å². The number of rotatable bonds is 5. The van der Waals surface area contributed by atoms with Gasteiger partial charge in [-0.2, -0.15) is 0 Å². The average Bonchev–Trinajstić information content (AvgIpc) is 2.48. The molecular formula is C17H17BrFNO2. The van der Waals surface area contributed by atoms with Gasteiger partial charge >= 0.3 is 0 Å². The Balaban J connectivity index is 2.07. The molecule has 0 aliphatic heterocycles. The fourth-order valence-corrected chi connectivity index (χ4v) is 2.58. The van der Waals surface area contributed by atoms with Crippen LogP contribution in [-0.4, -0.2) is 12.5 Å². The number of halogens is 2. The molecule has 1 atom stereocenters. The van der Waals surface area contributed by atoms with Crippen molar-refractivity contribution >= 4 is 21.8 Å². The van der Waals surface area contributed by atoms with Gasteiger partial charge in [-0.3, -0.25) is 4.79 Å². The number of nitrogens with one attached hydrogen (secondary N) is 1. The molecule has 3 nitrogen and oxygen atoms in total. The Morgan fingerprint density at radius 3 is 2.55 bits per heavy atom. The zero-order valence-electron chi connectivity index (χ0n) is 12.4. The predicted octanol–water partition coefficient (Wildman–Crippen LogP) is 4.48. The monoisotopic (exact) mass is 365 g/mol. The highest BCUT2D eigenvalue weighted by molar-refractivity contribution is 9.10. The maximum absolute atomic E-state index is 13.1. The molecule has 0 radical (unpaired) electrons. The molecule has 0 spiro atoms. The van der Waals surface area contributed by atoms with E-state index in [2.05, 4.69) is 21.2 Å². The molecule has 1 unspecified atom stereocenters. The van der Waals surface area contributed by atoms with Crippen molar-refractivity contribution in [3.63, 3.8) is 0 Å². The van der Waals surface area contributed by atoms with E-state index in [1.807, 2.05) is 38.1 Å². The minimum atomic E-state index is -0.386. The summed E-state index contributed by atoms with van der Waals surface area (Å²) in [6, 6.07) is 11.4. The third-order valence-corrected chi connectivity index (χ3v) is 3.87. The first kappa shape index (κ1) is 16.5. The summed E-state index contributed by atoms with van der Waals surface area (Å²) in [4.78, 5) is 12.2. The van der Waals surface area contributed by atoms with Crippen molar-refractivity contribution in [2.45, 2.75) is 19.9 Å². The van der Waals surface area contributed by atoms with Crippen LogP contribution in [0.2, 0.25) is 0 Å². The van der Waals surface area contributed by atoms with Crippen LogP contribution in [-0.2, 0) is 0 Å². The van der Waals surface area contributed by atoms with Gasteiger partial charge in [0.25, 0.3) is 5.91 Å². The normalized spacial score (nSPS) is 11.8. The van der Waals surface area contributed by atoms with E-state index in [-0.39, 0.29) is 17.8 Å².